The number of carbonyl (C=O) groups is 1. The van der Waals surface area contributed by atoms with Crippen molar-refractivity contribution in [3.63, 3.8) is 0 Å². The fourth-order valence-corrected chi connectivity index (χ4v) is 3.08. The maximum absolute atomic E-state index is 12.2. The van der Waals surface area contributed by atoms with Crippen LogP contribution >= 0.6 is 0 Å². The van der Waals surface area contributed by atoms with Gasteiger partial charge in [0.25, 0.3) is 0 Å². The molecule has 2 atom stereocenters. The molecule has 2 aliphatic heterocycles. The van der Waals surface area contributed by atoms with Crippen molar-refractivity contribution in [1.82, 2.24) is 10.2 Å². The molecule has 6 heteroatoms. The summed E-state index contributed by atoms with van der Waals surface area (Å²) in [6.07, 6.45) is 3.73. The zero-order valence-corrected chi connectivity index (χ0v) is 13.9. The minimum absolute atomic E-state index is 0.0394. The van der Waals surface area contributed by atoms with Crippen molar-refractivity contribution in [3.8, 4) is 0 Å². The molecule has 22 heavy (non-hydrogen) atoms. The number of hydrogen-bond acceptors (Lipinski definition) is 5. The largest absolute Gasteiger partial charge is 0.377 e. The molecule has 6 nitrogen and oxygen atoms in total. The zero-order valence-electron chi connectivity index (χ0n) is 13.9. The zero-order chi connectivity index (χ0) is 15.9. The fourth-order valence-electron chi connectivity index (χ4n) is 3.08. The van der Waals surface area contributed by atoms with Gasteiger partial charge in [-0.25, -0.2) is 0 Å². The van der Waals surface area contributed by atoms with E-state index in [1.54, 1.807) is 0 Å². The maximum atomic E-state index is 12.2. The van der Waals surface area contributed by atoms with Gasteiger partial charge < -0.3 is 25.4 Å². The van der Waals surface area contributed by atoms with Gasteiger partial charge in [0.1, 0.15) is 6.10 Å². The molecule has 0 spiro atoms. The van der Waals surface area contributed by atoms with Crippen LogP contribution in [0.25, 0.3) is 0 Å². The molecule has 0 saturated carbocycles. The van der Waals surface area contributed by atoms with Crippen molar-refractivity contribution < 1.29 is 14.3 Å². The van der Waals surface area contributed by atoms with Crippen LogP contribution in [0.15, 0.2) is 0 Å². The van der Waals surface area contributed by atoms with E-state index in [4.69, 9.17) is 15.2 Å². The van der Waals surface area contributed by atoms with E-state index in [1.165, 1.54) is 0 Å². The van der Waals surface area contributed by atoms with Gasteiger partial charge in [-0.2, -0.15) is 0 Å². The van der Waals surface area contributed by atoms with E-state index in [9.17, 15) is 4.79 Å². The average Bonchev–Trinajstić information content (AvgIpc) is 2.98. The summed E-state index contributed by atoms with van der Waals surface area (Å²) in [4.78, 5) is 14.6. The molecule has 0 aromatic heterocycles. The number of carbonyl (C=O) groups excluding carboxylic acids is 1. The number of ether oxygens (including phenoxy) is 2. The summed E-state index contributed by atoms with van der Waals surface area (Å²) < 4.78 is 11.2. The van der Waals surface area contributed by atoms with E-state index >= 15 is 0 Å². The maximum Gasteiger partial charge on any atom is 0.249 e. The summed E-state index contributed by atoms with van der Waals surface area (Å²) >= 11 is 0. The Morgan fingerprint density at radius 2 is 2.05 bits per heavy atom. The molecule has 2 fully saturated rings. The second-order valence-electron chi connectivity index (χ2n) is 6.60. The molecule has 2 heterocycles. The highest BCUT2D eigenvalue weighted by atomic mass is 16.5. The number of likely N-dealkylation sites (tertiary alicyclic amines) is 1. The quantitative estimate of drug-likeness (QED) is 0.716. The number of piperidine rings is 1. The van der Waals surface area contributed by atoms with Gasteiger partial charge in [0.05, 0.1) is 18.8 Å². The summed E-state index contributed by atoms with van der Waals surface area (Å²) in [6.45, 7) is 8.41. The standard InChI is InChI=1S/C16H31N3O3/c1-12(2)21-10-9-19-7-5-13(6-8-19)18-16(20)15-4-3-14(11-17)22-15/h12-15H,3-11,17H2,1-2H3,(H,18,20)/t14-,15+/m1/s1. The Morgan fingerprint density at radius 3 is 2.64 bits per heavy atom. The molecule has 0 aromatic carbocycles. The number of nitrogens with two attached hydrogens (primary N) is 1. The third kappa shape index (κ3) is 5.50. The van der Waals surface area contributed by atoms with Crippen LogP contribution in [-0.2, 0) is 14.3 Å². The van der Waals surface area contributed by atoms with Gasteiger partial charge in [0.2, 0.25) is 5.91 Å². The molecule has 0 aromatic rings. The summed E-state index contributed by atoms with van der Waals surface area (Å²) in [5.41, 5.74) is 5.58. The van der Waals surface area contributed by atoms with Gasteiger partial charge >= 0.3 is 0 Å². The van der Waals surface area contributed by atoms with E-state index in [0.29, 0.717) is 12.6 Å². The first-order valence-corrected chi connectivity index (χ1v) is 8.58. The van der Waals surface area contributed by atoms with Crippen molar-refractivity contribution in [3.05, 3.63) is 0 Å². The highest BCUT2D eigenvalue weighted by Crippen LogP contribution is 2.19. The number of rotatable bonds is 7. The summed E-state index contributed by atoms with van der Waals surface area (Å²) in [6, 6.07) is 0.273. The lowest BCUT2D eigenvalue weighted by Crippen LogP contribution is -2.48. The Kier molecular flexibility index (Phi) is 7.08. The third-order valence-corrected chi connectivity index (χ3v) is 4.46. The predicted molar refractivity (Wildman–Crippen MR) is 85.6 cm³/mol. The lowest BCUT2D eigenvalue weighted by molar-refractivity contribution is -0.132. The first-order chi connectivity index (χ1) is 10.6. The van der Waals surface area contributed by atoms with Gasteiger partial charge in [0, 0.05) is 32.2 Å². The van der Waals surface area contributed by atoms with Crippen molar-refractivity contribution in [2.24, 2.45) is 5.73 Å². The molecule has 2 saturated heterocycles. The van der Waals surface area contributed by atoms with E-state index in [2.05, 4.69) is 24.1 Å². The molecular weight excluding hydrogens is 282 g/mol. The molecule has 0 radical (unpaired) electrons. The molecule has 0 unspecified atom stereocenters. The Hall–Kier alpha value is -0.690. The van der Waals surface area contributed by atoms with Gasteiger partial charge in [0.15, 0.2) is 0 Å². The molecule has 128 valence electrons. The van der Waals surface area contributed by atoms with E-state index in [0.717, 1.165) is 51.9 Å². The van der Waals surface area contributed by atoms with Crippen LogP contribution in [0.5, 0.6) is 0 Å². The molecule has 3 N–H and O–H groups in total. The lowest BCUT2D eigenvalue weighted by Gasteiger charge is -2.32. The van der Waals surface area contributed by atoms with E-state index in [-0.39, 0.29) is 24.2 Å². The molecule has 2 aliphatic rings. The van der Waals surface area contributed by atoms with Crippen LogP contribution < -0.4 is 11.1 Å². The van der Waals surface area contributed by atoms with Crippen LogP contribution in [0.2, 0.25) is 0 Å². The number of nitrogens with zero attached hydrogens (tertiary/aromatic N) is 1. The van der Waals surface area contributed by atoms with Crippen LogP contribution in [0.3, 0.4) is 0 Å². The Morgan fingerprint density at radius 1 is 1.32 bits per heavy atom. The molecule has 1 amide bonds. The fraction of sp³-hybridized carbons (Fsp3) is 0.938. The molecular formula is C16H31N3O3. The highest BCUT2D eigenvalue weighted by molar-refractivity contribution is 5.81. The number of amides is 1. The monoisotopic (exact) mass is 313 g/mol. The average molecular weight is 313 g/mol. The molecule has 0 bridgehead atoms. The van der Waals surface area contributed by atoms with Gasteiger partial charge in [-0.3, -0.25) is 4.79 Å². The van der Waals surface area contributed by atoms with E-state index < -0.39 is 0 Å². The van der Waals surface area contributed by atoms with E-state index in [1.807, 2.05) is 0 Å². The SMILES string of the molecule is CC(C)OCCN1CCC(NC(=O)[C@@H]2CC[C@H](CN)O2)CC1. The summed E-state index contributed by atoms with van der Waals surface area (Å²) in [7, 11) is 0. The lowest BCUT2D eigenvalue weighted by atomic mass is 10.0. The minimum atomic E-state index is -0.300. The van der Waals surface area contributed by atoms with Crippen molar-refractivity contribution >= 4 is 5.91 Å². The summed E-state index contributed by atoms with van der Waals surface area (Å²) in [5, 5.41) is 3.14. The number of nitrogens with one attached hydrogen (secondary N) is 1. The van der Waals surface area contributed by atoms with Crippen molar-refractivity contribution in [2.75, 3.05) is 32.8 Å². The number of hydrogen-bond donors (Lipinski definition) is 2. The topological polar surface area (TPSA) is 76.8 Å². The smallest absolute Gasteiger partial charge is 0.249 e. The Bertz CT molecular complexity index is 344. The normalized spacial score (nSPS) is 27.5. The van der Waals surface area contributed by atoms with Crippen molar-refractivity contribution in [1.29, 1.82) is 0 Å². The van der Waals surface area contributed by atoms with Crippen LogP contribution in [0, 0.1) is 0 Å². The van der Waals surface area contributed by atoms with Gasteiger partial charge in [-0.15, -0.1) is 0 Å². The first-order valence-electron chi connectivity index (χ1n) is 8.58. The predicted octanol–water partition coefficient (Wildman–Crippen LogP) is 0.498. The molecule has 2 rings (SSSR count). The Balaban J connectivity index is 1.62. The third-order valence-electron chi connectivity index (χ3n) is 4.46. The van der Waals surface area contributed by atoms with Crippen LogP contribution in [0.4, 0.5) is 0 Å². The van der Waals surface area contributed by atoms with Gasteiger partial charge in [-0.1, -0.05) is 0 Å². The van der Waals surface area contributed by atoms with Crippen LogP contribution in [-0.4, -0.2) is 67.9 Å². The summed E-state index contributed by atoms with van der Waals surface area (Å²) in [5.74, 6) is 0.0394. The minimum Gasteiger partial charge on any atom is -0.377 e. The second-order valence-corrected chi connectivity index (χ2v) is 6.60. The Labute approximate surface area is 133 Å². The van der Waals surface area contributed by atoms with Crippen LogP contribution in [0.1, 0.15) is 39.5 Å². The van der Waals surface area contributed by atoms with Crippen molar-refractivity contribution in [2.45, 2.75) is 63.9 Å². The first kappa shape index (κ1) is 17.7. The van der Waals surface area contributed by atoms with Gasteiger partial charge in [-0.05, 0) is 39.5 Å². The molecule has 0 aliphatic carbocycles. The highest BCUT2D eigenvalue weighted by Gasteiger charge is 2.31. The second kappa shape index (κ2) is 8.82.